The smallest absolute Gasteiger partial charge is 0.131 e. The van der Waals surface area contributed by atoms with Gasteiger partial charge in [0.05, 0.1) is 0 Å². The molecule has 2 atom stereocenters. The maximum absolute atomic E-state index is 6.31. The van der Waals surface area contributed by atoms with E-state index in [4.69, 9.17) is 4.74 Å². The van der Waals surface area contributed by atoms with Crippen LogP contribution in [0.3, 0.4) is 0 Å². The zero-order chi connectivity index (χ0) is 15.5. The lowest BCUT2D eigenvalue weighted by Crippen LogP contribution is -2.63. The van der Waals surface area contributed by atoms with E-state index >= 15 is 0 Å². The van der Waals surface area contributed by atoms with Crippen LogP contribution in [0.25, 0.3) is 0 Å². The Morgan fingerprint density at radius 3 is 1.86 bits per heavy atom. The summed E-state index contributed by atoms with van der Waals surface area (Å²) in [4.78, 5) is 2.82. The number of hydrogen-bond acceptors (Lipinski definition) is 2. The fraction of sp³-hybridized carbons (Fsp3) is 1.00. The van der Waals surface area contributed by atoms with Gasteiger partial charge in [-0.2, -0.15) is 0 Å². The van der Waals surface area contributed by atoms with E-state index in [1.807, 2.05) is 0 Å². The minimum atomic E-state index is 0.0132. The van der Waals surface area contributed by atoms with Gasteiger partial charge in [-0.05, 0) is 48.8 Å². The molecule has 110 valence electrons. The Hall–Kier alpha value is 0.310. The Morgan fingerprint density at radius 1 is 0.905 bits per heavy atom. The van der Waals surface area contributed by atoms with Crippen LogP contribution in [0, 0.1) is 17.8 Å². The highest BCUT2D eigenvalue weighted by Crippen LogP contribution is 2.44. The Kier molecular flexibility index (Phi) is 3.97. The lowest BCUT2D eigenvalue weighted by Gasteiger charge is -2.54. The van der Waals surface area contributed by atoms with E-state index in [0.29, 0.717) is 5.34 Å². The molecule has 0 aromatic carbocycles. The minimum Gasteiger partial charge on any atom is -0.404 e. The summed E-state index contributed by atoms with van der Waals surface area (Å²) >= 11 is 0. The summed E-state index contributed by atoms with van der Waals surface area (Å²) in [6.07, 6.45) is 6.80. The van der Waals surface area contributed by atoms with Gasteiger partial charge in [0.25, 0.3) is 0 Å². The average molecular weight is 280 g/mol. The molecule has 2 unspecified atom stereocenters. The molecular formula is C13H29B6NO. The Balaban J connectivity index is 1.75. The summed E-state index contributed by atoms with van der Waals surface area (Å²) in [6, 6.07) is 0. The van der Waals surface area contributed by atoms with Crippen LogP contribution >= 0.6 is 0 Å². The molecular weight excluding hydrogens is 251 g/mol. The molecule has 0 amide bonds. The first-order chi connectivity index (χ1) is 9.59. The summed E-state index contributed by atoms with van der Waals surface area (Å²) in [7, 11) is 14.1. The fourth-order valence-corrected chi connectivity index (χ4v) is 5.55. The van der Waals surface area contributed by atoms with Crippen molar-refractivity contribution in [2.75, 3.05) is 13.1 Å². The van der Waals surface area contributed by atoms with Crippen LogP contribution in [0.2, 0.25) is 0 Å². The second-order valence-electron chi connectivity index (χ2n) is 9.74. The molecule has 2 nitrogen and oxygen atoms in total. The molecule has 0 bridgehead atoms. The molecule has 3 rings (SSSR count). The van der Waals surface area contributed by atoms with E-state index in [0.717, 1.165) is 17.8 Å². The molecule has 2 heterocycles. The zero-order valence-electron chi connectivity index (χ0n) is 15.0. The predicted molar refractivity (Wildman–Crippen MR) is 106 cm³/mol. The first kappa shape index (κ1) is 16.2. The monoisotopic (exact) mass is 281 g/mol. The van der Waals surface area contributed by atoms with Gasteiger partial charge in [0.15, 0.2) is 0 Å². The van der Waals surface area contributed by atoms with Crippen LogP contribution < -0.4 is 0 Å². The van der Waals surface area contributed by atoms with E-state index in [9.17, 15) is 0 Å². The molecule has 2 saturated heterocycles. The van der Waals surface area contributed by atoms with Crippen LogP contribution in [0.1, 0.15) is 32.1 Å². The van der Waals surface area contributed by atoms with Crippen LogP contribution in [0.4, 0.5) is 0 Å². The molecule has 0 N–H and O–H groups in total. The van der Waals surface area contributed by atoms with Crippen molar-refractivity contribution in [2.24, 2.45) is 17.8 Å². The van der Waals surface area contributed by atoms with Gasteiger partial charge in [-0.15, -0.1) is 0 Å². The molecule has 3 aliphatic rings. The normalized spacial score (nSPS) is 36.6. The van der Waals surface area contributed by atoms with E-state index in [1.54, 1.807) is 0 Å². The van der Waals surface area contributed by atoms with Gasteiger partial charge >= 0.3 is 0 Å². The van der Waals surface area contributed by atoms with Gasteiger partial charge in [-0.1, -0.05) is 6.42 Å². The standard InChI is InChI=1S/C13H29B6NO/c14-11(15)4-10(5-12(16,17)21-11)13(18,19)20-6-8-2-1-3-9(8)7-20/h8-10H,1-7,14-19H2. The Morgan fingerprint density at radius 2 is 1.38 bits per heavy atom. The van der Waals surface area contributed by atoms with Crippen molar-refractivity contribution in [1.29, 1.82) is 0 Å². The SMILES string of the molecule is BC1(B)CC(C(B)(B)N2CC3CCCC3C2)CC(B)(B)O1. The Bertz CT molecular complexity index is 387. The van der Waals surface area contributed by atoms with Crippen LogP contribution in [0.15, 0.2) is 0 Å². The van der Waals surface area contributed by atoms with Crippen molar-refractivity contribution in [3.63, 3.8) is 0 Å². The molecule has 0 spiro atoms. The number of hydrogen-bond donors (Lipinski definition) is 0. The molecule has 2 aliphatic heterocycles. The highest BCUT2D eigenvalue weighted by molar-refractivity contribution is 6.44. The third kappa shape index (κ3) is 3.17. The molecule has 1 saturated carbocycles. The van der Waals surface area contributed by atoms with Crippen molar-refractivity contribution in [2.45, 2.75) is 48.2 Å². The lowest BCUT2D eigenvalue weighted by molar-refractivity contribution is -0.0525. The predicted octanol–water partition coefficient (Wildman–Crippen LogP) is -4.10. The van der Waals surface area contributed by atoms with Crippen molar-refractivity contribution >= 4 is 47.1 Å². The van der Waals surface area contributed by atoms with Gasteiger partial charge < -0.3 is 9.64 Å². The summed E-state index contributed by atoms with van der Waals surface area (Å²) in [6.45, 7) is 2.69. The van der Waals surface area contributed by atoms with Gasteiger partial charge in [0.2, 0.25) is 0 Å². The fourth-order valence-electron chi connectivity index (χ4n) is 5.55. The number of rotatable bonds is 2. The maximum Gasteiger partial charge on any atom is 0.131 e. The second kappa shape index (κ2) is 5.16. The van der Waals surface area contributed by atoms with E-state index < -0.39 is 0 Å². The van der Waals surface area contributed by atoms with Crippen molar-refractivity contribution in [3.8, 4) is 0 Å². The van der Waals surface area contributed by atoms with E-state index in [1.165, 1.54) is 45.2 Å². The van der Waals surface area contributed by atoms with Crippen molar-refractivity contribution < 1.29 is 4.74 Å². The van der Waals surface area contributed by atoms with Gasteiger partial charge in [0.1, 0.15) is 47.1 Å². The van der Waals surface area contributed by atoms with Gasteiger partial charge in [-0.3, -0.25) is 0 Å². The zero-order valence-corrected chi connectivity index (χ0v) is 15.0. The van der Waals surface area contributed by atoms with Crippen LogP contribution in [-0.2, 0) is 4.74 Å². The summed E-state index contributed by atoms with van der Waals surface area (Å²) in [5, 5.41) is 0.335. The first-order valence-electron chi connectivity index (χ1n) is 9.04. The molecule has 0 aromatic rings. The highest BCUT2D eigenvalue weighted by Gasteiger charge is 2.49. The van der Waals surface area contributed by atoms with Crippen LogP contribution in [0.5, 0.6) is 0 Å². The third-order valence-electron chi connectivity index (χ3n) is 6.57. The summed E-state index contributed by atoms with van der Waals surface area (Å²) in [5.41, 5.74) is 0. The third-order valence-corrected chi connectivity index (χ3v) is 6.57. The summed E-state index contributed by atoms with van der Waals surface area (Å²) < 4.78 is 6.31. The van der Waals surface area contributed by atoms with Crippen molar-refractivity contribution in [1.82, 2.24) is 4.90 Å². The molecule has 0 aromatic heterocycles. The maximum atomic E-state index is 6.31. The second-order valence-corrected chi connectivity index (χ2v) is 9.74. The lowest BCUT2D eigenvalue weighted by atomic mass is 9.43. The van der Waals surface area contributed by atoms with E-state index in [-0.39, 0.29) is 10.8 Å². The molecule has 8 heteroatoms. The first-order valence-corrected chi connectivity index (χ1v) is 9.04. The molecule has 1 aliphatic carbocycles. The topological polar surface area (TPSA) is 12.5 Å². The number of nitrogens with zero attached hydrogens (tertiary/aromatic N) is 1. The Labute approximate surface area is 136 Å². The number of likely N-dealkylation sites (tertiary alicyclic amines) is 1. The van der Waals surface area contributed by atoms with Crippen LogP contribution in [-0.4, -0.2) is 81.2 Å². The summed E-state index contributed by atoms with van der Waals surface area (Å²) in [5.74, 6) is 2.71. The van der Waals surface area contributed by atoms with Gasteiger partial charge in [-0.25, -0.2) is 0 Å². The number of ether oxygens (including phenoxy) is 1. The van der Waals surface area contributed by atoms with Crippen molar-refractivity contribution in [3.05, 3.63) is 0 Å². The quantitative estimate of drug-likeness (QED) is 0.477. The average Bonchev–Trinajstić information content (AvgIpc) is 2.83. The van der Waals surface area contributed by atoms with Gasteiger partial charge in [0, 0.05) is 23.9 Å². The molecule has 3 fully saturated rings. The largest absolute Gasteiger partial charge is 0.404 e. The number of fused-ring (bicyclic) bond motifs is 1. The molecule has 0 radical (unpaired) electrons. The van der Waals surface area contributed by atoms with E-state index in [2.05, 4.69) is 52.0 Å². The highest BCUT2D eigenvalue weighted by atomic mass is 16.5. The molecule has 21 heavy (non-hydrogen) atoms. The minimum absolute atomic E-state index is 0.0132.